The number of methoxy groups -OCH3 is 1. The highest BCUT2D eigenvalue weighted by molar-refractivity contribution is 5.43. The number of rotatable bonds is 3. The molecule has 0 bridgehead atoms. The molecule has 0 spiro atoms. The summed E-state index contributed by atoms with van der Waals surface area (Å²) in [5.74, 6) is 2.81. The molecule has 1 fully saturated rings. The molecule has 4 nitrogen and oxygen atoms in total. The molecule has 1 aromatic heterocycles. The van der Waals surface area contributed by atoms with E-state index in [4.69, 9.17) is 9.72 Å². The highest BCUT2D eigenvalue weighted by Crippen LogP contribution is 2.41. The Morgan fingerprint density at radius 1 is 1.25 bits per heavy atom. The third-order valence-electron chi connectivity index (χ3n) is 4.19. The lowest BCUT2D eigenvalue weighted by molar-refractivity contribution is 0.414. The largest absolute Gasteiger partial charge is 0.497 e. The van der Waals surface area contributed by atoms with Crippen LogP contribution in [0.25, 0.3) is 5.69 Å². The molecule has 20 heavy (non-hydrogen) atoms. The van der Waals surface area contributed by atoms with Crippen molar-refractivity contribution in [1.82, 2.24) is 14.9 Å². The zero-order valence-corrected chi connectivity index (χ0v) is 11.7. The standard InChI is InChI=1S/C16H19N3O/c1-20-13-6-4-12(5-7-13)19-15-8-9-17-10-14(15)18-16(19)11-2-3-11/h4-7,11,17H,2-3,8-10H2,1H3. The summed E-state index contributed by atoms with van der Waals surface area (Å²) < 4.78 is 7.64. The van der Waals surface area contributed by atoms with Gasteiger partial charge in [0.25, 0.3) is 0 Å². The van der Waals surface area contributed by atoms with Gasteiger partial charge < -0.3 is 14.6 Å². The first-order valence-electron chi connectivity index (χ1n) is 7.32. The zero-order chi connectivity index (χ0) is 13.5. The lowest BCUT2D eigenvalue weighted by Gasteiger charge is -2.16. The van der Waals surface area contributed by atoms with Crippen LogP contribution in [0.15, 0.2) is 24.3 Å². The molecule has 1 aromatic carbocycles. The van der Waals surface area contributed by atoms with Gasteiger partial charge in [0.1, 0.15) is 11.6 Å². The van der Waals surface area contributed by atoms with E-state index in [9.17, 15) is 0 Å². The van der Waals surface area contributed by atoms with Crippen LogP contribution >= 0.6 is 0 Å². The number of imidazole rings is 1. The number of fused-ring (bicyclic) bond motifs is 1. The molecular weight excluding hydrogens is 250 g/mol. The van der Waals surface area contributed by atoms with Gasteiger partial charge in [-0.05, 0) is 37.1 Å². The van der Waals surface area contributed by atoms with Gasteiger partial charge in [0.2, 0.25) is 0 Å². The fourth-order valence-electron chi connectivity index (χ4n) is 2.97. The second kappa shape index (κ2) is 4.63. The van der Waals surface area contributed by atoms with Crippen molar-refractivity contribution in [3.8, 4) is 11.4 Å². The average Bonchev–Trinajstić information content (AvgIpc) is 3.28. The van der Waals surface area contributed by atoms with Crippen molar-refractivity contribution in [2.75, 3.05) is 13.7 Å². The third kappa shape index (κ3) is 1.91. The third-order valence-corrected chi connectivity index (χ3v) is 4.19. The first kappa shape index (κ1) is 12.0. The van der Waals surface area contributed by atoms with Crippen molar-refractivity contribution in [3.63, 3.8) is 0 Å². The zero-order valence-electron chi connectivity index (χ0n) is 11.7. The van der Waals surface area contributed by atoms with E-state index in [2.05, 4.69) is 22.0 Å². The van der Waals surface area contributed by atoms with Gasteiger partial charge in [0.15, 0.2) is 0 Å². The number of hydrogen-bond acceptors (Lipinski definition) is 3. The molecule has 1 saturated carbocycles. The molecule has 1 aliphatic carbocycles. The highest BCUT2D eigenvalue weighted by atomic mass is 16.5. The number of aromatic nitrogens is 2. The van der Waals surface area contributed by atoms with Gasteiger partial charge in [-0.25, -0.2) is 4.98 Å². The van der Waals surface area contributed by atoms with Crippen LogP contribution in [0.4, 0.5) is 0 Å². The molecule has 4 rings (SSSR count). The molecule has 1 aliphatic heterocycles. The lowest BCUT2D eigenvalue weighted by atomic mass is 10.1. The Kier molecular flexibility index (Phi) is 2.77. The van der Waals surface area contributed by atoms with E-state index in [0.717, 1.165) is 25.3 Å². The summed E-state index contributed by atoms with van der Waals surface area (Å²) in [5, 5.41) is 3.41. The Morgan fingerprint density at radius 2 is 2.05 bits per heavy atom. The molecule has 2 aromatic rings. The fourth-order valence-corrected chi connectivity index (χ4v) is 2.97. The van der Waals surface area contributed by atoms with Crippen molar-refractivity contribution < 1.29 is 4.74 Å². The Labute approximate surface area is 118 Å². The Hall–Kier alpha value is -1.81. The SMILES string of the molecule is COc1ccc(-n2c(C3CC3)nc3c2CCNC3)cc1. The van der Waals surface area contributed by atoms with E-state index in [1.165, 1.54) is 35.7 Å². The topological polar surface area (TPSA) is 39.1 Å². The van der Waals surface area contributed by atoms with E-state index in [0.29, 0.717) is 5.92 Å². The van der Waals surface area contributed by atoms with Crippen LogP contribution in [-0.2, 0) is 13.0 Å². The summed E-state index contributed by atoms with van der Waals surface area (Å²) in [6, 6.07) is 8.32. The van der Waals surface area contributed by atoms with Crippen LogP contribution in [-0.4, -0.2) is 23.2 Å². The van der Waals surface area contributed by atoms with Gasteiger partial charge in [0.05, 0.1) is 12.8 Å². The summed E-state index contributed by atoms with van der Waals surface area (Å²) in [7, 11) is 1.70. The first-order chi connectivity index (χ1) is 9.86. The predicted molar refractivity (Wildman–Crippen MR) is 77.5 cm³/mol. The monoisotopic (exact) mass is 269 g/mol. The van der Waals surface area contributed by atoms with Crippen molar-refractivity contribution in [1.29, 1.82) is 0 Å². The van der Waals surface area contributed by atoms with Crippen molar-refractivity contribution in [3.05, 3.63) is 41.5 Å². The molecule has 0 radical (unpaired) electrons. The average molecular weight is 269 g/mol. The van der Waals surface area contributed by atoms with Crippen molar-refractivity contribution >= 4 is 0 Å². The van der Waals surface area contributed by atoms with Gasteiger partial charge in [-0.3, -0.25) is 0 Å². The van der Waals surface area contributed by atoms with E-state index < -0.39 is 0 Å². The molecule has 0 unspecified atom stereocenters. The van der Waals surface area contributed by atoms with E-state index in [1.807, 2.05) is 12.1 Å². The van der Waals surface area contributed by atoms with Gasteiger partial charge >= 0.3 is 0 Å². The highest BCUT2D eigenvalue weighted by Gasteiger charge is 2.32. The number of nitrogens with one attached hydrogen (secondary N) is 1. The van der Waals surface area contributed by atoms with Gasteiger partial charge in [-0.15, -0.1) is 0 Å². The number of ether oxygens (including phenoxy) is 1. The molecule has 1 N–H and O–H groups in total. The molecule has 2 aliphatic rings. The molecule has 0 saturated heterocycles. The van der Waals surface area contributed by atoms with Crippen molar-refractivity contribution in [2.24, 2.45) is 0 Å². The Balaban J connectivity index is 1.83. The Bertz CT molecular complexity index is 626. The minimum absolute atomic E-state index is 0.655. The fraction of sp³-hybridized carbons (Fsp3) is 0.438. The molecular formula is C16H19N3O. The van der Waals surface area contributed by atoms with E-state index in [-0.39, 0.29) is 0 Å². The lowest BCUT2D eigenvalue weighted by Crippen LogP contribution is -2.24. The maximum absolute atomic E-state index is 5.25. The minimum atomic E-state index is 0.655. The summed E-state index contributed by atoms with van der Waals surface area (Å²) in [4.78, 5) is 4.90. The van der Waals surface area contributed by atoms with Crippen LogP contribution < -0.4 is 10.1 Å². The van der Waals surface area contributed by atoms with E-state index in [1.54, 1.807) is 7.11 Å². The van der Waals surface area contributed by atoms with Crippen LogP contribution in [0.1, 0.15) is 36.0 Å². The Morgan fingerprint density at radius 3 is 2.75 bits per heavy atom. The molecule has 0 amide bonds. The normalized spacial score (nSPS) is 17.9. The van der Waals surface area contributed by atoms with Gasteiger partial charge in [-0.2, -0.15) is 0 Å². The second-order valence-electron chi connectivity index (χ2n) is 5.60. The second-order valence-corrected chi connectivity index (χ2v) is 5.60. The quantitative estimate of drug-likeness (QED) is 0.930. The predicted octanol–water partition coefficient (Wildman–Crippen LogP) is 2.40. The summed E-state index contributed by atoms with van der Waals surface area (Å²) in [6.45, 7) is 1.94. The maximum Gasteiger partial charge on any atom is 0.119 e. The van der Waals surface area contributed by atoms with Gasteiger partial charge in [-0.1, -0.05) is 0 Å². The summed E-state index contributed by atoms with van der Waals surface area (Å²) >= 11 is 0. The minimum Gasteiger partial charge on any atom is -0.497 e. The summed E-state index contributed by atoms with van der Waals surface area (Å²) in [6.07, 6.45) is 3.61. The van der Waals surface area contributed by atoms with Gasteiger partial charge in [0, 0.05) is 36.8 Å². The number of nitrogens with zero attached hydrogens (tertiary/aromatic N) is 2. The summed E-state index contributed by atoms with van der Waals surface area (Å²) in [5.41, 5.74) is 3.83. The van der Waals surface area contributed by atoms with Crippen LogP contribution in [0.3, 0.4) is 0 Å². The molecule has 0 atom stereocenters. The first-order valence-corrected chi connectivity index (χ1v) is 7.32. The number of hydrogen-bond donors (Lipinski definition) is 1. The molecule has 4 heteroatoms. The number of benzene rings is 1. The van der Waals surface area contributed by atoms with Crippen LogP contribution in [0, 0.1) is 0 Å². The van der Waals surface area contributed by atoms with Crippen molar-refractivity contribution in [2.45, 2.75) is 31.7 Å². The maximum atomic E-state index is 5.25. The smallest absolute Gasteiger partial charge is 0.119 e. The van der Waals surface area contributed by atoms with E-state index >= 15 is 0 Å². The molecule has 104 valence electrons. The van der Waals surface area contributed by atoms with Crippen LogP contribution in [0.5, 0.6) is 5.75 Å². The van der Waals surface area contributed by atoms with Crippen LogP contribution in [0.2, 0.25) is 0 Å². The molecule has 2 heterocycles.